The van der Waals surface area contributed by atoms with Gasteiger partial charge in [-0.25, -0.2) is 0 Å². The van der Waals surface area contributed by atoms with Crippen molar-refractivity contribution in [1.29, 1.82) is 0 Å². The molecule has 0 bridgehead atoms. The number of rotatable bonds is 6. The number of aryl methyl sites for hydroxylation is 1. The predicted molar refractivity (Wildman–Crippen MR) is 90.3 cm³/mol. The summed E-state index contributed by atoms with van der Waals surface area (Å²) in [7, 11) is 0. The molecule has 1 aromatic heterocycles. The van der Waals surface area contributed by atoms with E-state index >= 15 is 0 Å². The lowest BCUT2D eigenvalue weighted by Crippen LogP contribution is -2.19. The summed E-state index contributed by atoms with van der Waals surface area (Å²) in [6, 6.07) is 8.56. The molecule has 21 heavy (non-hydrogen) atoms. The van der Waals surface area contributed by atoms with Gasteiger partial charge in [0.15, 0.2) is 0 Å². The molecule has 2 aromatic rings. The van der Waals surface area contributed by atoms with Crippen LogP contribution >= 0.6 is 0 Å². The van der Waals surface area contributed by atoms with Crippen molar-refractivity contribution >= 4 is 10.9 Å². The van der Waals surface area contributed by atoms with E-state index in [2.05, 4.69) is 68.9 Å². The van der Waals surface area contributed by atoms with E-state index in [4.69, 9.17) is 5.10 Å². The van der Waals surface area contributed by atoms with Gasteiger partial charge in [-0.05, 0) is 30.4 Å². The molecule has 0 aliphatic heterocycles. The fraction of sp³-hybridized carbons (Fsp3) is 0.611. The number of benzene rings is 1. The third-order valence-corrected chi connectivity index (χ3v) is 3.65. The van der Waals surface area contributed by atoms with Crippen LogP contribution in [0.2, 0.25) is 0 Å². The SMILES string of the molecule is CC(C)CNCc1nn(CCC(C)(C)C)c2ccccc12. The monoisotopic (exact) mass is 287 g/mol. The van der Waals surface area contributed by atoms with Gasteiger partial charge in [-0.2, -0.15) is 5.10 Å². The number of nitrogens with one attached hydrogen (secondary N) is 1. The van der Waals surface area contributed by atoms with Crippen molar-refractivity contribution in [3.05, 3.63) is 30.0 Å². The smallest absolute Gasteiger partial charge is 0.0841 e. The van der Waals surface area contributed by atoms with E-state index in [0.717, 1.165) is 26.1 Å². The van der Waals surface area contributed by atoms with Gasteiger partial charge in [0.05, 0.1) is 11.2 Å². The zero-order valence-corrected chi connectivity index (χ0v) is 14.1. The average Bonchev–Trinajstić information content (AvgIpc) is 2.74. The quantitative estimate of drug-likeness (QED) is 0.862. The fourth-order valence-electron chi connectivity index (χ4n) is 2.42. The number of fused-ring (bicyclic) bond motifs is 1. The Morgan fingerprint density at radius 2 is 1.90 bits per heavy atom. The van der Waals surface area contributed by atoms with Crippen molar-refractivity contribution in [3.63, 3.8) is 0 Å². The van der Waals surface area contributed by atoms with Crippen LogP contribution in [-0.2, 0) is 13.1 Å². The molecule has 1 heterocycles. The zero-order chi connectivity index (χ0) is 15.5. The third kappa shape index (κ3) is 4.57. The van der Waals surface area contributed by atoms with Crippen molar-refractivity contribution in [3.8, 4) is 0 Å². The molecule has 3 heteroatoms. The molecule has 0 atom stereocenters. The van der Waals surface area contributed by atoms with Crippen LogP contribution in [0.3, 0.4) is 0 Å². The fourth-order valence-corrected chi connectivity index (χ4v) is 2.42. The highest BCUT2D eigenvalue weighted by molar-refractivity contribution is 5.81. The molecule has 1 N–H and O–H groups in total. The summed E-state index contributed by atoms with van der Waals surface area (Å²) in [6.45, 7) is 14.2. The first-order chi connectivity index (χ1) is 9.87. The molecule has 0 spiro atoms. The normalized spacial score (nSPS) is 12.5. The van der Waals surface area contributed by atoms with Crippen LogP contribution in [0, 0.1) is 11.3 Å². The van der Waals surface area contributed by atoms with Crippen molar-refractivity contribution in [2.75, 3.05) is 6.54 Å². The Kier molecular flexibility index (Phi) is 5.04. The zero-order valence-electron chi connectivity index (χ0n) is 14.1. The Morgan fingerprint density at radius 1 is 1.19 bits per heavy atom. The van der Waals surface area contributed by atoms with Gasteiger partial charge in [0.2, 0.25) is 0 Å². The highest BCUT2D eigenvalue weighted by Gasteiger charge is 2.14. The van der Waals surface area contributed by atoms with Crippen LogP contribution in [0.15, 0.2) is 24.3 Å². The molecule has 0 aliphatic carbocycles. The second kappa shape index (κ2) is 6.61. The van der Waals surface area contributed by atoms with Gasteiger partial charge in [0, 0.05) is 18.5 Å². The van der Waals surface area contributed by atoms with Gasteiger partial charge in [-0.1, -0.05) is 52.8 Å². The number of hydrogen-bond donors (Lipinski definition) is 1. The lowest BCUT2D eigenvalue weighted by atomic mass is 9.92. The third-order valence-electron chi connectivity index (χ3n) is 3.65. The van der Waals surface area contributed by atoms with Gasteiger partial charge in [-0.15, -0.1) is 0 Å². The minimum atomic E-state index is 0.336. The average molecular weight is 287 g/mol. The Bertz CT molecular complexity index is 576. The van der Waals surface area contributed by atoms with Crippen LogP contribution in [0.25, 0.3) is 10.9 Å². The van der Waals surface area contributed by atoms with E-state index in [1.807, 2.05) is 0 Å². The van der Waals surface area contributed by atoms with E-state index in [1.54, 1.807) is 0 Å². The highest BCUT2D eigenvalue weighted by atomic mass is 15.3. The van der Waals surface area contributed by atoms with Crippen LogP contribution in [0.4, 0.5) is 0 Å². The van der Waals surface area contributed by atoms with Crippen LogP contribution < -0.4 is 5.32 Å². The maximum atomic E-state index is 4.84. The lowest BCUT2D eigenvalue weighted by Gasteiger charge is -2.17. The summed E-state index contributed by atoms with van der Waals surface area (Å²) in [5.41, 5.74) is 2.76. The first kappa shape index (κ1) is 16.0. The molecule has 0 aliphatic rings. The van der Waals surface area contributed by atoms with Crippen molar-refractivity contribution in [2.45, 2.75) is 54.1 Å². The van der Waals surface area contributed by atoms with E-state index in [0.29, 0.717) is 11.3 Å². The topological polar surface area (TPSA) is 29.9 Å². The van der Waals surface area contributed by atoms with Gasteiger partial charge < -0.3 is 5.32 Å². The maximum absolute atomic E-state index is 4.84. The van der Waals surface area contributed by atoms with E-state index in [9.17, 15) is 0 Å². The van der Waals surface area contributed by atoms with Crippen LogP contribution in [0.1, 0.15) is 46.7 Å². The molecule has 0 saturated carbocycles. The predicted octanol–water partition coefficient (Wildman–Crippen LogP) is 4.22. The standard InChI is InChI=1S/C18H29N3/c1-14(2)12-19-13-16-15-8-6-7-9-17(15)21(20-16)11-10-18(3,4)5/h6-9,14,19H,10-13H2,1-5H3. The minimum absolute atomic E-state index is 0.336. The molecular weight excluding hydrogens is 258 g/mol. The van der Waals surface area contributed by atoms with E-state index in [1.165, 1.54) is 16.6 Å². The summed E-state index contributed by atoms with van der Waals surface area (Å²) < 4.78 is 2.17. The van der Waals surface area contributed by atoms with Crippen LogP contribution in [0.5, 0.6) is 0 Å². The Hall–Kier alpha value is -1.35. The summed E-state index contributed by atoms with van der Waals surface area (Å²) in [4.78, 5) is 0. The van der Waals surface area contributed by atoms with Crippen molar-refractivity contribution in [1.82, 2.24) is 15.1 Å². The number of para-hydroxylation sites is 1. The molecule has 0 amide bonds. The Labute approximate surface area is 128 Å². The maximum Gasteiger partial charge on any atom is 0.0841 e. The van der Waals surface area contributed by atoms with E-state index in [-0.39, 0.29) is 0 Å². The lowest BCUT2D eigenvalue weighted by molar-refractivity contribution is 0.343. The van der Waals surface area contributed by atoms with Gasteiger partial charge in [0.1, 0.15) is 0 Å². The number of nitrogens with zero attached hydrogens (tertiary/aromatic N) is 2. The molecule has 0 saturated heterocycles. The van der Waals surface area contributed by atoms with Gasteiger partial charge in [0.25, 0.3) is 0 Å². The van der Waals surface area contributed by atoms with Crippen molar-refractivity contribution < 1.29 is 0 Å². The second-order valence-electron chi connectivity index (χ2n) is 7.52. The summed E-state index contributed by atoms with van der Waals surface area (Å²) in [5, 5.41) is 9.63. The highest BCUT2D eigenvalue weighted by Crippen LogP contribution is 2.23. The minimum Gasteiger partial charge on any atom is -0.311 e. The number of hydrogen-bond acceptors (Lipinski definition) is 2. The molecule has 0 radical (unpaired) electrons. The molecular formula is C18H29N3. The molecule has 2 rings (SSSR count). The Morgan fingerprint density at radius 3 is 2.57 bits per heavy atom. The first-order valence-electron chi connectivity index (χ1n) is 8.02. The van der Waals surface area contributed by atoms with Crippen molar-refractivity contribution in [2.24, 2.45) is 11.3 Å². The van der Waals surface area contributed by atoms with Gasteiger partial charge in [-0.3, -0.25) is 4.68 Å². The summed E-state index contributed by atoms with van der Waals surface area (Å²) in [6.07, 6.45) is 1.14. The van der Waals surface area contributed by atoms with E-state index < -0.39 is 0 Å². The molecule has 0 fully saturated rings. The molecule has 1 aromatic carbocycles. The van der Waals surface area contributed by atoms with Gasteiger partial charge >= 0.3 is 0 Å². The Balaban J connectivity index is 2.18. The first-order valence-corrected chi connectivity index (χ1v) is 8.02. The molecule has 0 unspecified atom stereocenters. The van der Waals surface area contributed by atoms with Crippen LogP contribution in [-0.4, -0.2) is 16.3 Å². The summed E-state index contributed by atoms with van der Waals surface area (Å²) in [5.74, 6) is 0.666. The molecule has 3 nitrogen and oxygen atoms in total. The summed E-state index contributed by atoms with van der Waals surface area (Å²) >= 11 is 0. The second-order valence-corrected chi connectivity index (χ2v) is 7.52. The molecule has 116 valence electrons. The number of aromatic nitrogens is 2. The largest absolute Gasteiger partial charge is 0.311 e.